The SMILES string of the molecule is CC(C)OCc1ccc([C@@H]2C[C@H]2C(=O)Cc2ccc3ccccc3c2)cc1. The van der Waals surface area contributed by atoms with Gasteiger partial charge in [0.15, 0.2) is 0 Å². The highest BCUT2D eigenvalue weighted by Crippen LogP contribution is 2.48. The molecule has 3 aromatic carbocycles. The topological polar surface area (TPSA) is 26.3 Å². The molecule has 0 amide bonds. The number of carbonyl (C=O) groups is 1. The maximum atomic E-state index is 12.7. The van der Waals surface area contributed by atoms with Crippen molar-refractivity contribution >= 4 is 16.6 Å². The summed E-state index contributed by atoms with van der Waals surface area (Å²) >= 11 is 0. The van der Waals surface area contributed by atoms with Crippen molar-refractivity contribution in [2.75, 3.05) is 0 Å². The third-order valence-corrected chi connectivity index (χ3v) is 5.39. The summed E-state index contributed by atoms with van der Waals surface area (Å²) in [7, 11) is 0. The fraction of sp³-hybridized carbons (Fsp3) is 0.320. The Kier molecular flexibility index (Phi) is 5.09. The third-order valence-electron chi connectivity index (χ3n) is 5.39. The molecular weight excluding hydrogens is 332 g/mol. The van der Waals surface area contributed by atoms with Gasteiger partial charge in [0.25, 0.3) is 0 Å². The summed E-state index contributed by atoms with van der Waals surface area (Å²) in [5.74, 6) is 0.926. The highest BCUT2D eigenvalue weighted by atomic mass is 16.5. The standard InChI is InChI=1S/C25H26O2/c1-17(2)27-16-18-7-11-21(12-8-18)23-15-24(23)25(26)14-19-9-10-20-5-3-4-6-22(20)13-19/h3-13,17,23-24H,14-16H2,1-2H3/t23-,24+/m0/s1. The van der Waals surface area contributed by atoms with Gasteiger partial charge in [-0.3, -0.25) is 4.79 Å². The van der Waals surface area contributed by atoms with Gasteiger partial charge in [-0.05, 0) is 53.6 Å². The lowest BCUT2D eigenvalue weighted by atomic mass is 10.00. The van der Waals surface area contributed by atoms with Gasteiger partial charge in [0.1, 0.15) is 5.78 Å². The summed E-state index contributed by atoms with van der Waals surface area (Å²) in [6.07, 6.45) is 1.76. The van der Waals surface area contributed by atoms with Crippen molar-refractivity contribution in [1.82, 2.24) is 0 Å². The van der Waals surface area contributed by atoms with E-state index in [1.54, 1.807) is 0 Å². The normalized spacial score (nSPS) is 18.8. The summed E-state index contributed by atoms with van der Waals surface area (Å²) in [4.78, 5) is 12.7. The molecule has 2 heteroatoms. The quantitative estimate of drug-likeness (QED) is 0.543. The molecule has 27 heavy (non-hydrogen) atoms. The third kappa shape index (κ3) is 4.28. The Morgan fingerprint density at radius 2 is 1.67 bits per heavy atom. The number of fused-ring (bicyclic) bond motifs is 1. The Morgan fingerprint density at radius 3 is 2.41 bits per heavy atom. The number of hydrogen-bond donors (Lipinski definition) is 0. The molecule has 0 bridgehead atoms. The molecule has 1 aliphatic carbocycles. The van der Waals surface area contributed by atoms with E-state index in [-0.39, 0.29) is 12.0 Å². The minimum atomic E-state index is 0.175. The molecule has 1 saturated carbocycles. The molecular formula is C25H26O2. The zero-order valence-electron chi connectivity index (χ0n) is 16.0. The Bertz CT molecular complexity index is 940. The Balaban J connectivity index is 1.36. The van der Waals surface area contributed by atoms with E-state index in [0.29, 0.717) is 24.7 Å². The van der Waals surface area contributed by atoms with E-state index in [1.165, 1.54) is 21.9 Å². The van der Waals surface area contributed by atoms with Crippen LogP contribution in [0.2, 0.25) is 0 Å². The summed E-state index contributed by atoms with van der Waals surface area (Å²) in [6, 6.07) is 23.2. The number of ether oxygens (including phenoxy) is 1. The van der Waals surface area contributed by atoms with Crippen LogP contribution in [0.1, 0.15) is 42.9 Å². The Hall–Kier alpha value is -2.45. The van der Waals surface area contributed by atoms with Crippen molar-refractivity contribution in [2.24, 2.45) is 5.92 Å². The van der Waals surface area contributed by atoms with Gasteiger partial charge in [-0.15, -0.1) is 0 Å². The second-order valence-electron chi connectivity index (χ2n) is 7.87. The number of benzene rings is 3. The first-order valence-electron chi connectivity index (χ1n) is 9.81. The molecule has 3 aromatic rings. The average molecular weight is 358 g/mol. The minimum absolute atomic E-state index is 0.175. The predicted molar refractivity (Wildman–Crippen MR) is 110 cm³/mol. The van der Waals surface area contributed by atoms with Crippen LogP contribution in [-0.2, 0) is 22.6 Å². The van der Waals surface area contributed by atoms with E-state index >= 15 is 0 Å². The lowest BCUT2D eigenvalue weighted by Crippen LogP contribution is -2.06. The van der Waals surface area contributed by atoms with Crippen LogP contribution in [0.15, 0.2) is 66.7 Å². The summed E-state index contributed by atoms with van der Waals surface area (Å²) in [6.45, 7) is 4.74. The number of hydrogen-bond acceptors (Lipinski definition) is 2. The van der Waals surface area contributed by atoms with Gasteiger partial charge < -0.3 is 4.74 Å². The van der Waals surface area contributed by atoms with E-state index in [2.05, 4.69) is 54.6 Å². The van der Waals surface area contributed by atoms with Gasteiger partial charge in [0.05, 0.1) is 12.7 Å². The molecule has 2 nitrogen and oxygen atoms in total. The molecule has 0 saturated heterocycles. The second-order valence-corrected chi connectivity index (χ2v) is 7.87. The van der Waals surface area contributed by atoms with Crippen LogP contribution < -0.4 is 0 Å². The molecule has 0 aromatic heterocycles. The molecule has 4 rings (SSSR count). The van der Waals surface area contributed by atoms with Crippen LogP contribution in [0.3, 0.4) is 0 Å². The fourth-order valence-electron chi connectivity index (χ4n) is 3.72. The van der Waals surface area contributed by atoms with Crippen LogP contribution in [-0.4, -0.2) is 11.9 Å². The molecule has 0 unspecified atom stereocenters. The molecule has 0 aliphatic heterocycles. The van der Waals surface area contributed by atoms with Crippen molar-refractivity contribution in [3.63, 3.8) is 0 Å². The second kappa shape index (κ2) is 7.66. The molecule has 2 atom stereocenters. The van der Waals surface area contributed by atoms with Crippen molar-refractivity contribution in [3.05, 3.63) is 83.4 Å². The molecule has 0 spiro atoms. The average Bonchev–Trinajstić information content (AvgIpc) is 3.48. The van der Waals surface area contributed by atoms with Crippen LogP contribution >= 0.6 is 0 Å². The van der Waals surface area contributed by atoms with Gasteiger partial charge in [-0.1, -0.05) is 66.7 Å². The van der Waals surface area contributed by atoms with E-state index < -0.39 is 0 Å². The lowest BCUT2D eigenvalue weighted by molar-refractivity contribution is -0.119. The van der Waals surface area contributed by atoms with Crippen LogP contribution in [0.5, 0.6) is 0 Å². The number of ketones is 1. The zero-order valence-corrected chi connectivity index (χ0v) is 16.0. The molecule has 0 N–H and O–H groups in total. The molecule has 138 valence electrons. The zero-order chi connectivity index (χ0) is 18.8. The first kappa shape index (κ1) is 17.9. The predicted octanol–water partition coefficient (Wildman–Crippen LogP) is 5.68. The molecule has 0 radical (unpaired) electrons. The number of Topliss-reactive ketones (excluding diaryl/α,β-unsaturated/α-hetero) is 1. The van der Waals surface area contributed by atoms with Gasteiger partial charge in [0.2, 0.25) is 0 Å². The van der Waals surface area contributed by atoms with Crippen LogP contribution in [0.25, 0.3) is 10.8 Å². The van der Waals surface area contributed by atoms with E-state index in [1.807, 2.05) is 26.0 Å². The van der Waals surface area contributed by atoms with Crippen LogP contribution in [0, 0.1) is 5.92 Å². The minimum Gasteiger partial charge on any atom is -0.374 e. The van der Waals surface area contributed by atoms with E-state index in [0.717, 1.165) is 12.0 Å². The first-order chi connectivity index (χ1) is 13.1. The summed E-state index contributed by atoms with van der Waals surface area (Å²) in [5.41, 5.74) is 3.58. The van der Waals surface area contributed by atoms with Gasteiger partial charge in [-0.25, -0.2) is 0 Å². The first-order valence-corrected chi connectivity index (χ1v) is 9.81. The Morgan fingerprint density at radius 1 is 0.963 bits per heavy atom. The smallest absolute Gasteiger partial charge is 0.140 e. The van der Waals surface area contributed by atoms with E-state index in [9.17, 15) is 4.79 Å². The molecule has 1 fully saturated rings. The highest BCUT2D eigenvalue weighted by molar-refractivity contribution is 5.89. The number of rotatable bonds is 7. The lowest BCUT2D eigenvalue weighted by Gasteiger charge is -2.08. The van der Waals surface area contributed by atoms with Crippen LogP contribution in [0.4, 0.5) is 0 Å². The maximum Gasteiger partial charge on any atom is 0.140 e. The van der Waals surface area contributed by atoms with Crippen molar-refractivity contribution in [1.29, 1.82) is 0 Å². The van der Waals surface area contributed by atoms with Crippen molar-refractivity contribution in [3.8, 4) is 0 Å². The van der Waals surface area contributed by atoms with Gasteiger partial charge >= 0.3 is 0 Å². The highest BCUT2D eigenvalue weighted by Gasteiger charge is 2.43. The number of carbonyl (C=O) groups excluding carboxylic acids is 1. The van der Waals surface area contributed by atoms with Crippen molar-refractivity contribution < 1.29 is 9.53 Å². The maximum absolute atomic E-state index is 12.7. The van der Waals surface area contributed by atoms with Gasteiger partial charge in [-0.2, -0.15) is 0 Å². The van der Waals surface area contributed by atoms with E-state index in [4.69, 9.17) is 4.74 Å². The largest absolute Gasteiger partial charge is 0.374 e. The fourth-order valence-corrected chi connectivity index (χ4v) is 3.72. The monoisotopic (exact) mass is 358 g/mol. The Labute approximate surface area is 161 Å². The van der Waals surface area contributed by atoms with Gasteiger partial charge in [0, 0.05) is 12.3 Å². The molecule has 0 heterocycles. The summed E-state index contributed by atoms with van der Waals surface area (Å²) in [5, 5.41) is 2.42. The van der Waals surface area contributed by atoms with Crippen molar-refractivity contribution in [2.45, 2.75) is 45.3 Å². The summed E-state index contributed by atoms with van der Waals surface area (Å²) < 4.78 is 5.65. The molecule has 1 aliphatic rings.